The van der Waals surface area contributed by atoms with Crippen molar-refractivity contribution in [3.05, 3.63) is 23.8 Å². The summed E-state index contributed by atoms with van der Waals surface area (Å²) in [5.74, 6) is 0.0909. The van der Waals surface area contributed by atoms with Gasteiger partial charge < -0.3 is 24.2 Å². The Balaban J connectivity index is 2.12. The summed E-state index contributed by atoms with van der Waals surface area (Å²) >= 11 is 0. The maximum absolute atomic E-state index is 12.8. The summed E-state index contributed by atoms with van der Waals surface area (Å²) in [7, 11) is 0. The minimum atomic E-state index is -0.933. The summed E-state index contributed by atoms with van der Waals surface area (Å²) in [6.45, 7) is 6.20. The van der Waals surface area contributed by atoms with E-state index in [4.69, 9.17) is 19.3 Å². The minimum Gasteiger partial charge on any atom is -0.490 e. The van der Waals surface area contributed by atoms with Crippen molar-refractivity contribution >= 4 is 11.9 Å². The maximum Gasteiger partial charge on any atom is 0.306 e. The normalized spacial score (nSPS) is 17.0. The topological polar surface area (TPSA) is 85.3 Å². The summed E-state index contributed by atoms with van der Waals surface area (Å²) in [6, 6.07) is 5.17. The molecule has 0 bridgehead atoms. The number of carbonyl (C=O) groups excluding carboxylic acids is 1. The molecular formula is C19H27NO6. The lowest BCUT2D eigenvalue weighted by molar-refractivity contribution is -0.141. The van der Waals surface area contributed by atoms with Gasteiger partial charge in [0.25, 0.3) is 5.91 Å². The van der Waals surface area contributed by atoms with E-state index in [2.05, 4.69) is 0 Å². The van der Waals surface area contributed by atoms with E-state index in [0.717, 1.165) is 12.8 Å². The standard InChI is InChI=1S/C19H27NO6/c1-3-8-25-16-6-5-14(11-17(16)26-9-4-2)19(23)20-7-10-24-15(13-20)12-18(21)22/h5-6,11,15H,3-4,7-10,12-13H2,1-2H3,(H,21,22). The SMILES string of the molecule is CCCOc1ccc(C(=O)N2CCOC(CC(=O)O)C2)cc1OCCC. The van der Waals surface area contributed by atoms with E-state index in [1.54, 1.807) is 23.1 Å². The fourth-order valence-corrected chi connectivity index (χ4v) is 2.70. The lowest BCUT2D eigenvalue weighted by Gasteiger charge is -2.32. The quantitative estimate of drug-likeness (QED) is 0.724. The first-order valence-electron chi connectivity index (χ1n) is 9.07. The molecule has 144 valence electrons. The van der Waals surface area contributed by atoms with E-state index in [9.17, 15) is 9.59 Å². The van der Waals surface area contributed by atoms with Gasteiger partial charge >= 0.3 is 5.97 Å². The molecule has 0 aliphatic carbocycles. The number of morpholine rings is 1. The summed E-state index contributed by atoms with van der Waals surface area (Å²) in [6.07, 6.45) is 1.14. The number of aliphatic carboxylic acids is 1. The molecule has 0 radical (unpaired) electrons. The molecule has 7 heteroatoms. The van der Waals surface area contributed by atoms with Crippen LogP contribution in [-0.4, -0.2) is 60.9 Å². The van der Waals surface area contributed by atoms with Gasteiger partial charge in [0.1, 0.15) is 0 Å². The third-order valence-corrected chi connectivity index (χ3v) is 3.94. The van der Waals surface area contributed by atoms with Gasteiger partial charge in [-0.3, -0.25) is 9.59 Å². The van der Waals surface area contributed by atoms with Crippen LogP contribution >= 0.6 is 0 Å². The highest BCUT2D eigenvalue weighted by molar-refractivity contribution is 5.95. The van der Waals surface area contributed by atoms with Crippen molar-refractivity contribution < 1.29 is 28.9 Å². The molecule has 0 saturated carbocycles. The van der Waals surface area contributed by atoms with Gasteiger partial charge in [-0.15, -0.1) is 0 Å². The van der Waals surface area contributed by atoms with Gasteiger partial charge in [-0.2, -0.15) is 0 Å². The molecule has 1 aliphatic heterocycles. The molecule has 1 aromatic rings. The maximum atomic E-state index is 12.8. The van der Waals surface area contributed by atoms with Gasteiger partial charge in [-0.25, -0.2) is 0 Å². The number of carbonyl (C=O) groups is 2. The van der Waals surface area contributed by atoms with Gasteiger partial charge in [0.15, 0.2) is 11.5 Å². The average molecular weight is 365 g/mol. The summed E-state index contributed by atoms with van der Waals surface area (Å²) in [4.78, 5) is 25.3. The number of carboxylic acid groups (broad SMARTS) is 1. The number of hydrogen-bond acceptors (Lipinski definition) is 5. The Morgan fingerprint density at radius 3 is 2.54 bits per heavy atom. The molecule has 1 fully saturated rings. The lowest BCUT2D eigenvalue weighted by Crippen LogP contribution is -2.46. The van der Waals surface area contributed by atoms with Crippen LogP contribution in [0, 0.1) is 0 Å². The van der Waals surface area contributed by atoms with Gasteiger partial charge in [0.2, 0.25) is 0 Å². The first kappa shape index (κ1) is 20.0. The zero-order valence-electron chi connectivity index (χ0n) is 15.4. The van der Waals surface area contributed by atoms with Crippen LogP contribution < -0.4 is 9.47 Å². The second kappa shape index (κ2) is 10.0. The second-order valence-electron chi connectivity index (χ2n) is 6.20. The molecule has 2 rings (SSSR count). The number of benzene rings is 1. The first-order valence-corrected chi connectivity index (χ1v) is 9.07. The molecule has 1 amide bonds. The van der Waals surface area contributed by atoms with E-state index >= 15 is 0 Å². The number of amides is 1. The number of carboxylic acids is 1. The molecule has 1 saturated heterocycles. The smallest absolute Gasteiger partial charge is 0.306 e. The Labute approximate surface area is 153 Å². The van der Waals surface area contributed by atoms with Crippen LogP contribution in [0.4, 0.5) is 0 Å². The molecule has 1 heterocycles. The Morgan fingerprint density at radius 1 is 1.19 bits per heavy atom. The van der Waals surface area contributed by atoms with Crippen molar-refractivity contribution in [1.29, 1.82) is 0 Å². The summed E-state index contributed by atoms with van der Waals surface area (Å²) in [5, 5.41) is 8.91. The Bertz CT molecular complexity index is 618. The fraction of sp³-hybridized carbons (Fsp3) is 0.579. The van der Waals surface area contributed by atoms with Crippen LogP contribution in [0.5, 0.6) is 11.5 Å². The highest BCUT2D eigenvalue weighted by atomic mass is 16.5. The third-order valence-electron chi connectivity index (χ3n) is 3.94. The third kappa shape index (κ3) is 5.62. The van der Waals surface area contributed by atoms with Crippen molar-refractivity contribution in [3.63, 3.8) is 0 Å². The van der Waals surface area contributed by atoms with Gasteiger partial charge in [-0.05, 0) is 31.0 Å². The van der Waals surface area contributed by atoms with Crippen molar-refractivity contribution in [2.24, 2.45) is 0 Å². The molecule has 1 N–H and O–H groups in total. The monoisotopic (exact) mass is 365 g/mol. The fourth-order valence-electron chi connectivity index (χ4n) is 2.70. The van der Waals surface area contributed by atoms with Crippen molar-refractivity contribution in [2.75, 3.05) is 32.9 Å². The molecule has 1 unspecified atom stereocenters. The summed E-state index contributed by atoms with van der Waals surface area (Å²) in [5.41, 5.74) is 0.496. The van der Waals surface area contributed by atoms with Crippen LogP contribution in [0.1, 0.15) is 43.5 Å². The predicted molar refractivity (Wildman–Crippen MR) is 95.9 cm³/mol. The largest absolute Gasteiger partial charge is 0.490 e. The molecule has 0 aromatic heterocycles. The van der Waals surface area contributed by atoms with E-state index < -0.39 is 12.1 Å². The highest BCUT2D eigenvalue weighted by Crippen LogP contribution is 2.29. The Morgan fingerprint density at radius 2 is 1.88 bits per heavy atom. The number of hydrogen-bond donors (Lipinski definition) is 1. The molecule has 0 spiro atoms. The van der Waals surface area contributed by atoms with Crippen molar-refractivity contribution in [2.45, 2.75) is 39.2 Å². The molecule has 26 heavy (non-hydrogen) atoms. The summed E-state index contributed by atoms with van der Waals surface area (Å²) < 4.78 is 16.9. The van der Waals surface area contributed by atoms with Gasteiger partial charge in [-0.1, -0.05) is 13.8 Å². The lowest BCUT2D eigenvalue weighted by atomic mass is 10.1. The van der Waals surface area contributed by atoms with Gasteiger partial charge in [0, 0.05) is 18.7 Å². The van der Waals surface area contributed by atoms with E-state index in [1.165, 1.54) is 0 Å². The molecule has 7 nitrogen and oxygen atoms in total. The highest BCUT2D eigenvalue weighted by Gasteiger charge is 2.27. The van der Waals surface area contributed by atoms with Crippen LogP contribution in [0.25, 0.3) is 0 Å². The van der Waals surface area contributed by atoms with Gasteiger partial charge in [0.05, 0.1) is 32.3 Å². The number of rotatable bonds is 9. The second-order valence-corrected chi connectivity index (χ2v) is 6.20. The van der Waals surface area contributed by atoms with Crippen LogP contribution in [-0.2, 0) is 9.53 Å². The van der Waals surface area contributed by atoms with Crippen molar-refractivity contribution in [3.8, 4) is 11.5 Å². The molecule has 1 aliphatic rings. The predicted octanol–water partition coefficient (Wildman–Crippen LogP) is 2.58. The Hall–Kier alpha value is -2.28. The minimum absolute atomic E-state index is 0.113. The van der Waals surface area contributed by atoms with E-state index in [0.29, 0.717) is 43.4 Å². The first-order chi connectivity index (χ1) is 12.5. The molecule has 1 atom stereocenters. The molecule has 1 aromatic carbocycles. The zero-order chi connectivity index (χ0) is 18.9. The van der Waals surface area contributed by atoms with Crippen molar-refractivity contribution in [1.82, 2.24) is 4.90 Å². The van der Waals surface area contributed by atoms with Crippen LogP contribution in [0.3, 0.4) is 0 Å². The van der Waals surface area contributed by atoms with Crippen LogP contribution in [0.15, 0.2) is 18.2 Å². The van der Waals surface area contributed by atoms with E-state index in [1.807, 2.05) is 13.8 Å². The Kier molecular flexibility index (Phi) is 7.72. The van der Waals surface area contributed by atoms with E-state index in [-0.39, 0.29) is 18.9 Å². The average Bonchev–Trinajstić information content (AvgIpc) is 2.64. The zero-order valence-corrected chi connectivity index (χ0v) is 15.4. The molecular weight excluding hydrogens is 338 g/mol. The number of ether oxygens (including phenoxy) is 3. The number of nitrogens with zero attached hydrogens (tertiary/aromatic N) is 1. The van der Waals surface area contributed by atoms with Crippen LogP contribution in [0.2, 0.25) is 0 Å².